The first-order chi connectivity index (χ1) is 18.4. The van der Waals surface area contributed by atoms with Crippen LogP contribution in [0.5, 0.6) is 5.75 Å². The first-order valence-corrected chi connectivity index (χ1v) is 11.6. The van der Waals surface area contributed by atoms with Gasteiger partial charge in [0.2, 0.25) is 17.5 Å². The van der Waals surface area contributed by atoms with E-state index in [1.165, 1.54) is 0 Å². The van der Waals surface area contributed by atoms with Crippen molar-refractivity contribution in [3.63, 3.8) is 0 Å². The highest BCUT2D eigenvalue weighted by Gasteiger charge is 2.29. The van der Waals surface area contributed by atoms with E-state index >= 15 is 0 Å². The zero-order valence-corrected chi connectivity index (χ0v) is 20.4. The van der Waals surface area contributed by atoms with Crippen molar-refractivity contribution in [1.29, 1.82) is 0 Å². The Bertz CT molecular complexity index is 1310. The second-order valence-electron chi connectivity index (χ2n) is 8.70. The Hall–Kier alpha value is -4.49. The summed E-state index contributed by atoms with van der Waals surface area (Å²) in [5, 5.41) is 15.6. The van der Waals surface area contributed by atoms with E-state index in [2.05, 4.69) is 15.4 Å². The molecule has 0 bridgehead atoms. The number of amides is 3. The zero-order valence-electron chi connectivity index (χ0n) is 20.4. The molecule has 1 aliphatic rings. The molecule has 2 atom stereocenters. The molecule has 0 saturated carbocycles. The van der Waals surface area contributed by atoms with Crippen LogP contribution >= 0.6 is 0 Å². The molecule has 39 heavy (non-hydrogen) atoms. The lowest BCUT2D eigenvalue weighted by molar-refractivity contribution is -0.141. The molecule has 0 radical (unpaired) electrons. The molecule has 0 saturated heterocycles. The number of anilines is 1. The fourth-order valence-corrected chi connectivity index (χ4v) is 3.80. The van der Waals surface area contributed by atoms with Gasteiger partial charge in [0.1, 0.15) is 18.7 Å². The van der Waals surface area contributed by atoms with Crippen LogP contribution in [0, 0.1) is 23.3 Å². The largest absolute Gasteiger partial charge is 0.481 e. The third-order valence-electron chi connectivity index (χ3n) is 5.82. The van der Waals surface area contributed by atoms with Crippen LogP contribution < -0.4 is 20.7 Å². The highest BCUT2D eigenvalue weighted by molar-refractivity contribution is 6.40. The van der Waals surface area contributed by atoms with Crippen LogP contribution in [0.2, 0.25) is 0 Å². The number of nitrogens with one attached hydrogen (secondary N) is 3. The Balaban J connectivity index is 1.58. The van der Waals surface area contributed by atoms with Crippen molar-refractivity contribution in [2.24, 2.45) is 0 Å². The Morgan fingerprint density at radius 3 is 2.21 bits per heavy atom. The molecule has 2 aromatic carbocycles. The lowest BCUT2D eigenvalue weighted by Crippen LogP contribution is -2.53. The number of hydrogen-bond acceptors (Lipinski definition) is 6. The van der Waals surface area contributed by atoms with E-state index in [-0.39, 0.29) is 6.07 Å². The number of ketones is 1. The number of halogens is 4. The summed E-state index contributed by atoms with van der Waals surface area (Å²) in [6.07, 6.45) is 1.74. The summed E-state index contributed by atoms with van der Waals surface area (Å²) >= 11 is 0. The minimum absolute atomic E-state index is 0.0749. The van der Waals surface area contributed by atoms with Gasteiger partial charge < -0.3 is 25.8 Å². The van der Waals surface area contributed by atoms with Gasteiger partial charge in [-0.1, -0.05) is 6.07 Å². The molecule has 3 rings (SSSR count). The number of carboxylic acid groups (broad SMARTS) is 1. The second kappa shape index (κ2) is 12.4. The maximum atomic E-state index is 13.7. The van der Waals surface area contributed by atoms with Gasteiger partial charge >= 0.3 is 17.8 Å². The summed E-state index contributed by atoms with van der Waals surface area (Å²) in [7, 11) is 0. The molecule has 14 heteroatoms. The summed E-state index contributed by atoms with van der Waals surface area (Å²) < 4.78 is 58.7. The van der Waals surface area contributed by atoms with Crippen LogP contribution in [0.4, 0.5) is 23.2 Å². The minimum Gasteiger partial charge on any atom is -0.481 e. The minimum atomic E-state index is -1.92. The monoisotopic (exact) mass is 553 g/mol. The van der Waals surface area contributed by atoms with Gasteiger partial charge in [-0.15, -0.1) is 0 Å². The van der Waals surface area contributed by atoms with Crippen molar-refractivity contribution in [2.75, 3.05) is 11.9 Å². The van der Waals surface area contributed by atoms with E-state index < -0.39 is 83.6 Å². The van der Waals surface area contributed by atoms with Crippen molar-refractivity contribution in [3.8, 4) is 5.75 Å². The topological polar surface area (TPSA) is 151 Å². The van der Waals surface area contributed by atoms with Crippen molar-refractivity contribution < 1.29 is 51.4 Å². The van der Waals surface area contributed by atoms with Crippen molar-refractivity contribution in [2.45, 2.75) is 44.7 Å². The lowest BCUT2D eigenvalue weighted by Gasteiger charge is -2.20. The number of Topliss-reactive ketones (excluding diaryl/α,β-unsaturated/α-hetero) is 1. The standard InChI is InChI=1S/C25H23F4N3O7/c1-11(30-24(37)25(38)31-14-6-5-12-3-2-4-13(12)7-14)23(36)32-17(9-19(34)35)18(33)10-39-22-20(28)15(26)8-16(27)21(22)29/h5-8,11,17H,2-4,9-10H2,1H3,(H,30,37)(H,31,38)(H,32,36)(H,34,35)/t11-,17-/m0/s1. The van der Waals surface area contributed by atoms with E-state index in [0.717, 1.165) is 37.3 Å². The van der Waals surface area contributed by atoms with Gasteiger partial charge in [-0.05, 0) is 49.4 Å². The normalized spacial score (nSPS) is 13.6. The zero-order chi connectivity index (χ0) is 28.9. The van der Waals surface area contributed by atoms with Crippen LogP contribution in [0.1, 0.15) is 30.9 Å². The smallest absolute Gasteiger partial charge is 0.313 e. The number of hydrogen-bond donors (Lipinski definition) is 4. The third-order valence-corrected chi connectivity index (χ3v) is 5.82. The Morgan fingerprint density at radius 2 is 1.56 bits per heavy atom. The Kier molecular flexibility index (Phi) is 9.22. The first-order valence-electron chi connectivity index (χ1n) is 11.6. The number of ether oxygens (including phenoxy) is 1. The molecule has 0 aliphatic heterocycles. The van der Waals surface area contributed by atoms with Crippen molar-refractivity contribution >= 4 is 35.2 Å². The molecule has 208 valence electrons. The van der Waals surface area contributed by atoms with Crippen LogP contribution in [0.3, 0.4) is 0 Å². The van der Waals surface area contributed by atoms with Gasteiger partial charge in [-0.25, -0.2) is 8.78 Å². The van der Waals surface area contributed by atoms with Gasteiger partial charge in [0.25, 0.3) is 0 Å². The van der Waals surface area contributed by atoms with Gasteiger partial charge in [0, 0.05) is 11.8 Å². The number of aliphatic carboxylic acids is 1. The second-order valence-corrected chi connectivity index (χ2v) is 8.70. The van der Waals surface area contributed by atoms with E-state index in [0.29, 0.717) is 5.69 Å². The number of fused-ring (bicyclic) bond motifs is 1. The average Bonchev–Trinajstić information content (AvgIpc) is 3.34. The highest BCUT2D eigenvalue weighted by atomic mass is 19.2. The molecule has 4 N–H and O–H groups in total. The Labute approximate surface area is 218 Å². The fraction of sp³-hybridized carbons (Fsp3) is 0.320. The number of carboxylic acids is 1. The molecule has 0 unspecified atom stereocenters. The number of benzene rings is 2. The molecule has 0 aromatic heterocycles. The lowest BCUT2D eigenvalue weighted by atomic mass is 10.1. The molecule has 0 heterocycles. The number of carbonyl (C=O) groups is 5. The highest BCUT2D eigenvalue weighted by Crippen LogP contribution is 2.27. The maximum absolute atomic E-state index is 13.7. The first kappa shape index (κ1) is 29.1. The summed E-state index contributed by atoms with van der Waals surface area (Å²) in [6.45, 7) is -0.117. The summed E-state index contributed by atoms with van der Waals surface area (Å²) in [5.74, 6) is -15.1. The van der Waals surface area contributed by atoms with Gasteiger partial charge in [0.15, 0.2) is 23.2 Å². The predicted molar refractivity (Wildman–Crippen MR) is 126 cm³/mol. The van der Waals surface area contributed by atoms with E-state index in [4.69, 9.17) is 5.11 Å². The average molecular weight is 553 g/mol. The molecular formula is C25H23F4N3O7. The molecular weight excluding hydrogens is 530 g/mol. The summed E-state index contributed by atoms with van der Waals surface area (Å²) in [4.78, 5) is 60.6. The van der Waals surface area contributed by atoms with Gasteiger partial charge in [-0.2, -0.15) is 8.78 Å². The van der Waals surface area contributed by atoms with E-state index in [1.807, 2.05) is 11.4 Å². The summed E-state index contributed by atoms with van der Waals surface area (Å²) in [6, 6.07) is 1.88. The fourth-order valence-electron chi connectivity index (χ4n) is 3.80. The van der Waals surface area contributed by atoms with E-state index in [1.54, 1.807) is 12.1 Å². The number of aryl methyl sites for hydroxylation is 2. The Morgan fingerprint density at radius 1 is 0.923 bits per heavy atom. The van der Waals surface area contributed by atoms with Crippen LogP contribution in [-0.4, -0.2) is 53.3 Å². The van der Waals surface area contributed by atoms with Crippen molar-refractivity contribution in [3.05, 3.63) is 58.7 Å². The van der Waals surface area contributed by atoms with Crippen molar-refractivity contribution in [1.82, 2.24) is 10.6 Å². The SMILES string of the molecule is C[C@H](NC(=O)C(=O)Nc1ccc2c(c1)CCC2)C(=O)N[C@@H](CC(=O)O)C(=O)COc1c(F)c(F)cc(F)c1F. The molecule has 0 fully saturated rings. The number of carbonyl (C=O) groups excluding carboxylic acids is 4. The van der Waals surface area contributed by atoms with Crippen LogP contribution in [0.25, 0.3) is 0 Å². The number of rotatable bonds is 10. The quantitative estimate of drug-likeness (QED) is 0.199. The molecule has 2 aromatic rings. The van der Waals surface area contributed by atoms with Crippen LogP contribution in [0.15, 0.2) is 24.3 Å². The maximum Gasteiger partial charge on any atom is 0.313 e. The molecule has 3 amide bonds. The molecule has 1 aliphatic carbocycles. The van der Waals surface area contributed by atoms with Crippen LogP contribution in [-0.2, 0) is 36.8 Å². The summed E-state index contributed by atoms with van der Waals surface area (Å²) in [5.41, 5.74) is 2.58. The van der Waals surface area contributed by atoms with E-state index in [9.17, 15) is 41.5 Å². The molecule has 10 nitrogen and oxygen atoms in total. The third kappa shape index (κ3) is 7.30. The van der Waals surface area contributed by atoms with Gasteiger partial charge in [0.05, 0.1) is 6.42 Å². The predicted octanol–water partition coefficient (Wildman–Crippen LogP) is 1.78. The van der Waals surface area contributed by atoms with Gasteiger partial charge in [-0.3, -0.25) is 24.0 Å². The molecule has 0 spiro atoms.